The summed E-state index contributed by atoms with van der Waals surface area (Å²) in [6.07, 6.45) is 0. The van der Waals surface area contributed by atoms with Gasteiger partial charge in [0.2, 0.25) is 0 Å². The maximum atomic E-state index is 13.0. The van der Waals surface area contributed by atoms with Crippen molar-refractivity contribution in [2.24, 2.45) is 0 Å². The lowest BCUT2D eigenvalue weighted by atomic mass is 10.2. The molecule has 21 heavy (non-hydrogen) atoms. The molecular weight excluding hydrogens is 346 g/mol. The standard InChI is InChI=1S/C15H11BrF2O3/c1-20-14-5-2-9(6-11(14)16)8-21-15(19)10-3-4-12(17)13(18)7-10/h2-7H,8H2,1H3. The van der Waals surface area contributed by atoms with Gasteiger partial charge in [0, 0.05) is 0 Å². The number of carbonyl (C=O) groups is 1. The Bertz CT molecular complexity index is 674. The summed E-state index contributed by atoms with van der Waals surface area (Å²) in [7, 11) is 1.54. The van der Waals surface area contributed by atoms with Crippen molar-refractivity contribution < 1.29 is 23.0 Å². The highest BCUT2D eigenvalue weighted by molar-refractivity contribution is 9.10. The molecule has 3 nitrogen and oxygen atoms in total. The normalized spacial score (nSPS) is 10.3. The molecule has 0 aromatic heterocycles. The lowest BCUT2D eigenvalue weighted by molar-refractivity contribution is 0.0472. The van der Waals surface area contributed by atoms with Crippen LogP contribution in [0.5, 0.6) is 5.75 Å². The van der Waals surface area contributed by atoms with Crippen LogP contribution >= 0.6 is 15.9 Å². The van der Waals surface area contributed by atoms with Crippen LogP contribution in [-0.4, -0.2) is 13.1 Å². The van der Waals surface area contributed by atoms with Crippen LogP contribution in [0.3, 0.4) is 0 Å². The quantitative estimate of drug-likeness (QED) is 0.774. The molecule has 0 heterocycles. The van der Waals surface area contributed by atoms with E-state index in [1.165, 1.54) is 6.07 Å². The predicted octanol–water partition coefficient (Wildman–Crippen LogP) is 4.09. The highest BCUT2D eigenvalue weighted by Gasteiger charge is 2.11. The van der Waals surface area contributed by atoms with Gasteiger partial charge in [0.15, 0.2) is 11.6 Å². The van der Waals surface area contributed by atoms with E-state index in [0.717, 1.165) is 22.2 Å². The Morgan fingerprint density at radius 2 is 1.90 bits per heavy atom. The predicted molar refractivity (Wildman–Crippen MR) is 76.2 cm³/mol. The Balaban J connectivity index is 2.03. The molecule has 0 unspecified atom stereocenters. The van der Waals surface area contributed by atoms with Crippen LogP contribution in [0.25, 0.3) is 0 Å². The topological polar surface area (TPSA) is 35.5 Å². The number of carbonyl (C=O) groups excluding carboxylic acids is 1. The zero-order valence-corrected chi connectivity index (χ0v) is 12.6. The number of halogens is 3. The molecule has 0 aliphatic carbocycles. The molecule has 0 aliphatic heterocycles. The molecule has 2 rings (SSSR count). The lowest BCUT2D eigenvalue weighted by Gasteiger charge is -2.08. The number of benzene rings is 2. The summed E-state index contributed by atoms with van der Waals surface area (Å²) in [5, 5.41) is 0. The van der Waals surface area contributed by atoms with Gasteiger partial charge in [-0.1, -0.05) is 6.07 Å². The maximum absolute atomic E-state index is 13.0. The van der Waals surface area contributed by atoms with E-state index >= 15 is 0 Å². The third-order valence-corrected chi connectivity index (χ3v) is 3.36. The summed E-state index contributed by atoms with van der Waals surface area (Å²) in [5.74, 6) is -2.16. The molecule has 0 spiro atoms. The third-order valence-electron chi connectivity index (χ3n) is 2.74. The van der Waals surface area contributed by atoms with Gasteiger partial charge < -0.3 is 9.47 Å². The molecule has 0 radical (unpaired) electrons. The van der Waals surface area contributed by atoms with E-state index < -0.39 is 17.6 Å². The molecule has 0 amide bonds. The van der Waals surface area contributed by atoms with Gasteiger partial charge in [0.1, 0.15) is 12.4 Å². The van der Waals surface area contributed by atoms with Crippen molar-refractivity contribution in [1.82, 2.24) is 0 Å². The van der Waals surface area contributed by atoms with Crippen LogP contribution in [0.1, 0.15) is 15.9 Å². The van der Waals surface area contributed by atoms with Crippen molar-refractivity contribution in [1.29, 1.82) is 0 Å². The zero-order valence-electron chi connectivity index (χ0n) is 11.0. The first-order valence-corrected chi connectivity index (χ1v) is 6.75. The van der Waals surface area contributed by atoms with Crippen molar-refractivity contribution in [3.8, 4) is 5.75 Å². The van der Waals surface area contributed by atoms with Crippen molar-refractivity contribution in [2.75, 3.05) is 7.11 Å². The maximum Gasteiger partial charge on any atom is 0.338 e. The van der Waals surface area contributed by atoms with E-state index in [0.29, 0.717) is 5.75 Å². The molecule has 0 fully saturated rings. The number of rotatable bonds is 4. The van der Waals surface area contributed by atoms with Crippen molar-refractivity contribution in [3.05, 3.63) is 63.6 Å². The first-order valence-electron chi connectivity index (χ1n) is 5.96. The number of hydrogen-bond acceptors (Lipinski definition) is 3. The minimum atomic E-state index is -1.09. The Morgan fingerprint density at radius 3 is 2.52 bits per heavy atom. The Labute approximate surface area is 128 Å². The van der Waals surface area contributed by atoms with Gasteiger partial charge in [-0.25, -0.2) is 13.6 Å². The van der Waals surface area contributed by atoms with Crippen LogP contribution in [0.15, 0.2) is 40.9 Å². The molecular formula is C15H11BrF2O3. The Morgan fingerprint density at radius 1 is 1.14 bits per heavy atom. The number of hydrogen-bond donors (Lipinski definition) is 0. The summed E-state index contributed by atoms with van der Waals surface area (Å²) in [5.41, 5.74) is 0.695. The van der Waals surface area contributed by atoms with Gasteiger partial charge in [-0.15, -0.1) is 0 Å². The van der Waals surface area contributed by atoms with Gasteiger partial charge in [-0.3, -0.25) is 0 Å². The van der Waals surface area contributed by atoms with E-state index in [4.69, 9.17) is 9.47 Å². The Hall–Kier alpha value is -1.95. The molecule has 0 aliphatic rings. The monoisotopic (exact) mass is 356 g/mol. The smallest absolute Gasteiger partial charge is 0.338 e. The average molecular weight is 357 g/mol. The summed E-state index contributed by atoms with van der Waals surface area (Å²) in [4.78, 5) is 11.7. The second-order valence-corrected chi connectivity index (χ2v) is 5.03. The van der Waals surface area contributed by atoms with Gasteiger partial charge in [0.05, 0.1) is 17.1 Å². The minimum absolute atomic E-state index is 0.0143. The number of methoxy groups -OCH3 is 1. The second kappa shape index (κ2) is 6.67. The van der Waals surface area contributed by atoms with Gasteiger partial charge >= 0.3 is 5.97 Å². The summed E-state index contributed by atoms with van der Waals surface area (Å²) in [6, 6.07) is 8.08. The number of ether oxygens (including phenoxy) is 2. The fraction of sp³-hybridized carbons (Fsp3) is 0.133. The van der Waals surface area contributed by atoms with Crippen LogP contribution in [0, 0.1) is 11.6 Å². The fourth-order valence-electron chi connectivity index (χ4n) is 1.65. The average Bonchev–Trinajstić information content (AvgIpc) is 2.47. The van der Waals surface area contributed by atoms with Gasteiger partial charge in [-0.05, 0) is 51.8 Å². The van der Waals surface area contributed by atoms with E-state index in [1.54, 1.807) is 25.3 Å². The summed E-state index contributed by atoms with van der Waals surface area (Å²) in [6.45, 7) is 0.0143. The lowest BCUT2D eigenvalue weighted by Crippen LogP contribution is -2.06. The van der Waals surface area contributed by atoms with E-state index in [9.17, 15) is 13.6 Å². The highest BCUT2D eigenvalue weighted by Crippen LogP contribution is 2.25. The molecule has 110 valence electrons. The third kappa shape index (κ3) is 3.78. The van der Waals surface area contributed by atoms with E-state index in [2.05, 4.69) is 15.9 Å². The Kier molecular flexibility index (Phi) is 4.90. The molecule has 6 heteroatoms. The van der Waals surface area contributed by atoms with Crippen LogP contribution in [-0.2, 0) is 11.3 Å². The molecule has 0 N–H and O–H groups in total. The van der Waals surface area contributed by atoms with Crippen LogP contribution in [0.2, 0.25) is 0 Å². The van der Waals surface area contributed by atoms with Crippen molar-refractivity contribution in [2.45, 2.75) is 6.61 Å². The first kappa shape index (κ1) is 15.4. The molecule has 0 atom stereocenters. The van der Waals surface area contributed by atoms with E-state index in [1.807, 2.05) is 0 Å². The summed E-state index contributed by atoms with van der Waals surface area (Å²) < 4.78 is 36.7. The zero-order chi connectivity index (χ0) is 15.4. The van der Waals surface area contributed by atoms with Crippen LogP contribution < -0.4 is 4.74 Å². The van der Waals surface area contributed by atoms with Gasteiger partial charge in [0.25, 0.3) is 0 Å². The largest absolute Gasteiger partial charge is 0.496 e. The first-order chi connectivity index (χ1) is 10.0. The molecule has 2 aromatic carbocycles. The number of esters is 1. The van der Waals surface area contributed by atoms with Gasteiger partial charge in [-0.2, -0.15) is 0 Å². The fourth-order valence-corrected chi connectivity index (χ4v) is 2.24. The minimum Gasteiger partial charge on any atom is -0.496 e. The van der Waals surface area contributed by atoms with E-state index in [-0.39, 0.29) is 12.2 Å². The highest BCUT2D eigenvalue weighted by atomic mass is 79.9. The SMILES string of the molecule is COc1ccc(COC(=O)c2ccc(F)c(F)c2)cc1Br. The molecule has 0 saturated heterocycles. The summed E-state index contributed by atoms with van der Waals surface area (Å²) >= 11 is 3.32. The second-order valence-electron chi connectivity index (χ2n) is 4.17. The molecule has 0 saturated carbocycles. The van der Waals surface area contributed by atoms with Crippen molar-refractivity contribution in [3.63, 3.8) is 0 Å². The molecule has 0 bridgehead atoms. The molecule has 2 aromatic rings. The van der Waals surface area contributed by atoms with Crippen molar-refractivity contribution >= 4 is 21.9 Å². The van der Waals surface area contributed by atoms with Crippen LogP contribution in [0.4, 0.5) is 8.78 Å².